The molecule has 0 bridgehead atoms. The number of rotatable bonds is 2. The van der Waals surface area contributed by atoms with E-state index in [-0.39, 0.29) is 5.92 Å². The topological polar surface area (TPSA) is 33.2 Å². The molecule has 0 N–H and O–H groups in total. The number of aldehydes is 1. The molecule has 0 aliphatic carbocycles. The Morgan fingerprint density at radius 3 is 3.13 bits per heavy atom. The molecule has 3 heteroatoms. The Morgan fingerprint density at radius 2 is 2.40 bits per heavy atom. The van der Waals surface area contributed by atoms with Gasteiger partial charge in [-0.25, -0.2) is 4.98 Å². The van der Waals surface area contributed by atoms with Gasteiger partial charge in [-0.15, -0.1) is 0 Å². The molecule has 0 amide bonds. The maximum Gasteiger partial charge on any atom is 0.128 e. The molecule has 1 unspecified atom stereocenters. The first-order chi connectivity index (χ1) is 7.29. The summed E-state index contributed by atoms with van der Waals surface area (Å²) in [6.07, 6.45) is 3.17. The number of pyridine rings is 1. The lowest BCUT2D eigenvalue weighted by atomic mass is 10.00. The second-order valence-electron chi connectivity index (χ2n) is 4.12. The van der Waals surface area contributed by atoms with Crippen LogP contribution in [-0.4, -0.2) is 24.4 Å². The van der Waals surface area contributed by atoms with Crippen molar-refractivity contribution in [3.63, 3.8) is 0 Å². The van der Waals surface area contributed by atoms with Crippen LogP contribution in [0.5, 0.6) is 0 Å². The number of anilines is 1. The molecule has 15 heavy (non-hydrogen) atoms. The summed E-state index contributed by atoms with van der Waals surface area (Å²) in [6.45, 7) is 3.82. The van der Waals surface area contributed by atoms with Gasteiger partial charge in [-0.2, -0.15) is 0 Å². The van der Waals surface area contributed by atoms with E-state index in [1.807, 2.05) is 25.1 Å². The van der Waals surface area contributed by atoms with Gasteiger partial charge in [0.25, 0.3) is 0 Å². The van der Waals surface area contributed by atoms with Gasteiger partial charge in [-0.05, 0) is 31.9 Å². The van der Waals surface area contributed by atoms with E-state index in [9.17, 15) is 4.79 Å². The van der Waals surface area contributed by atoms with Crippen LogP contribution in [-0.2, 0) is 4.79 Å². The summed E-state index contributed by atoms with van der Waals surface area (Å²) in [5.41, 5.74) is 1.03. The zero-order valence-corrected chi connectivity index (χ0v) is 9.02. The van der Waals surface area contributed by atoms with Crippen molar-refractivity contribution in [2.45, 2.75) is 19.8 Å². The van der Waals surface area contributed by atoms with E-state index in [0.717, 1.165) is 43.7 Å². The highest BCUT2D eigenvalue weighted by molar-refractivity contribution is 5.56. The van der Waals surface area contributed by atoms with Gasteiger partial charge in [0.15, 0.2) is 0 Å². The maximum atomic E-state index is 10.8. The molecule has 0 spiro atoms. The van der Waals surface area contributed by atoms with E-state index >= 15 is 0 Å². The fourth-order valence-corrected chi connectivity index (χ4v) is 2.03. The zero-order chi connectivity index (χ0) is 10.7. The average molecular weight is 204 g/mol. The Kier molecular flexibility index (Phi) is 2.99. The third-order valence-corrected chi connectivity index (χ3v) is 2.85. The van der Waals surface area contributed by atoms with E-state index in [1.165, 1.54) is 0 Å². The molecule has 1 atom stereocenters. The van der Waals surface area contributed by atoms with E-state index in [2.05, 4.69) is 9.88 Å². The third kappa shape index (κ3) is 2.35. The largest absolute Gasteiger partial charge is 0.356 e. The minimum Gasteiger partial charge on any atom is -0.356 e. The summed E-state index contributed by atoms with van der Waals surface area (Å²) in [6, 6.07) is 6.02. The van der Waals surface area contributed by atoms with Crippen LogP contribution in [0.4, 0.5) is 5.82 Å². The van der Waals surface area contributed by atoms with Crippen molar-refractivity contribution in [1.29, 1.82) is 0 Å². The molecule has 1 aromatic rings. The number of aromatic nitrogens is 1. The molecule has 2 rings (SSSR count). The van der Waals surface area contributed by atoms with Crippen molar-refractivity contribution in [3.8, 4) is 0 Å². The number of aryl methyl sites for hydroxylation is 1. The molecule has 3 nitrogen and oxygen atoms in total. The lowest BCUT2D eigenvalue weighted by Crippen LogP contribution is -2.36. The van der Waals surface area contributed by atoms with Gasteiger partial charge in [0.05, 0.1) is 0 Å². The first-order valence-corrected chi connectivity index (χ1v) is 5.43. The van der Waals surface area contributed by atoms with E-state index in [1.54, 1.807) is 0 Å². The number of hydrogen-bond acceptors (Lipinski definition) is 3. The van der Waals surface area contributed by atoms with Crippen LogP contribution in [0.3, 0.4) is 0 Å². The highest BCUT2D eigenvalue weighted by Crippen LogP contribution is 2.20. The first kappa shape index (κ1) is 10.1. The number of carbonyl (C=O) groups is 1. The Balaban J connectivity index is 2.13. The fourth-order valence-electron chi connectivity index (χ4n) is 2.03. The minimum absolute atomic E-state index is 0.182. The number of piperidine rings is 1. The summed E-state index contributed by atoms with van der Waals surface area (Å²) >= 11 is 0. The predicted molar refractivity (Wildman–Crippen MR) is 60.0 cm³/mol. The molecule has 1 saturated heterocycles. The molecular weight excluding hydrogens is 188 g/mol. The van der Waals surface area contributed by atoms with Crippen LogP contribution in [0.15, 0.2) is 18.2 Å². The SMILES string of the molecule is Cc1cccc(N2CCCC(C=O)C2)n1. The normalized spacial score (nSPS) is 21.4. The van der Waals surface area contributed by atoms with Crippen LogP contribution in [0.2, 0.25) is 0 Å². The summed E-state index contributed by atoms with van der Waals surface area (Å²) in [4.78, 5) is 17.4. The van der Waals surface area contributed by atoms with Crippen molar-refractivity contribution in [1.82, 2.24) is 4.98 Å². The van der Waals surface area contributed by atoms with Gasteiger partial charge in [0.1, 0.15) is 12.1 Å². The van der Waals surface area contributed by atoms with Crippen LogP contribution in [0, 0.1) is 12.8 Å². The highest BCUT2D eigenvalue weighted by Gasteiger charge is 2.19. The highest BCUT2D eigenvalue weighted by atomic mass is 16.1. The van der Waals surface area contributed by atoms with Crippen LogP contribution >= 0.6 is 0 Å². The summed E-state index contributed by atoms with van der Waals surface area (Å²) in [5.74, 6) is 1.18. The summed E-state index contributed by atoms with van der Waals surface area (Å²) in [7, 11) is 0. The molecule has 80 valence electrons. The molecule has 0 saturated carbocycles. The van der Waals surface area contributed by atoms with Gasteiger partial charge in [-0.3, -0.25) is 0 Å². The molecular formula is C12H16N2O. The van der Waals surface area contributed by atoms with Crippen molar-refractivity contribution < 1.29 is 4.79 Å². The van der Waals surface area contributed by atoms with Crippen LogP contribution < -0.4 is 4.90 Å². The van der Waals surface area contributed by atoms with Gasteiger partial charge in [0, 0.05) is 24.7 Å². The van der Waals surface area contributed by atoms with Gasteiger partial charge >= 0.3 is 0 Å². The van der Waals surface area contributed by atoms with Crippen molar-refractivity contribution in [2.24, 2.45) is 5.92 Å². The standard InChI is InChI=1S/C12H16N2O/c1-10-4-2-6-12(13-10)14-7-3-5-11(8-14)9-15/h2,4,6,9,11H,3,5,7-8H2,1H3. The monoisotopic (exact) mass is 204 g/mol. The molecule has 1 aliphatic rings. The quantitative estimate of drug-likeness (QED) is 0.689. The molecule has 0 aromatic carbocycles. The Labute approximate surface area is 90.1 Å². The van der Waals surface area contributed by atoms with Crippen LogP contribution in [0.1, 0.15) is 18.5 Å². The van der Waals surface area contributed by atoms with Gasteiger partial charge in [0.2, 0.25) is 0 Å². The second kappa shape index (κ2) is 4.43. The Hall–Kier alpha value is -1.38. The predicted octanol–water partition coefficient (Wildman–Crippen LogP) is 1.81. The second-order valence-corrected chi connectivity index (χ2v) is 4.12. The van der Waals surface area contributed by atoms with Gasteiger partial charge in [-0.1, -0.05) is 6.07 Å². The average Bonchev–Trinajstić information content (AvgIpc) is 2.29. The summed E-state index contributed by atoms with van der Waals surface area (Å²) in [5, 5.41) is 0. The zero-order valence-electron chi connectivity index (χ0n) is 9.02. The number of carbonyl (C=O) groups excluding carboxylic acids is 1. The molecule has 1 aromatic heterocycles. The van der Waals surface area contributed by atoms with Crippen molar-refractivity contribution >= 4 is 12.1 Å². The lowest BCUT2D eigenvalue weighted by molar-refractivity contribution is -0.111. The number of nitrogens with zero attached hydrogens (tertiary/aromatic N) is 2. The smallest absolute Gasteiger partial charge is 0.128 e. The summed E-state index contributed by atoms with van der Waals surface area (Å²) < 4.78 is 0. The first-order valence-electron chi connectivity index (χ1n) is 5.43. The third-order valence-electron chi connectivity index (χ3n) is 2.85. The molecule has 1 fully saturated rings. The van der Waals surface area contributed by atoms with E-state index < -0.39 is 0 Å². The lowest BCUT2D eigenvalue weighted by Gasteiger charge is -2.31. The van der Waals surface area contributed by atoms with E-state index in [0.29, 0.717) is 0 Å². The maximum absolute atomic E-state index is 10.8. The Bertz CT molecular complexity index is 351. The van der Waals surface area contributed by atoms with Crippen LogP contribution in [0.25, 0.3) is 0 Å². The molecule has 1 aliphatic heterocycles. The molecule has 2 heterocycles. The molecule has 0 radical (unpaired) electrons. The van der Waals surface area contributed by atoms with Crippen molar-refractivity contribution in [3.05, 3.63) is 23.9 Å². The Morgan fingerprint density at radius 1 is 1.53 bits per heavy atom. The van der Waals surface area contributed by atoms with E-state index in [4.69, 9.17) is 0 Å². The van der Waals surface area contributed by atoms with Crippen molar-refractivity contribution in [2.75, 3.05) is 18.0 Å². The minimum atomic E-state index is 0.182. The number of hydrogen-bond donors (Lipinski definition) is 0. The fraction of sp³-hybridized carbons (Fsp3) is 0.500. The van der Waals surface area contributed by atoms with Gasteiger partial charge < -0.3 is 9.69 Å².